The standard InChI is InChI=1S/C77H128O16P2/c1-4-7-10-13-16-19-22-24-26-28-30-32-34-35-37-39-40-42-44-46-49-51-54-57-60-63-75(80)87-66-72(78)67-89-94(83,84)90-68-73(79)69-91-95(85,86)92-71-74(93-77(82)65-62-59-56-53-48-21-18-15-12-9-6-3)70-88-76(81)64-61-58-55-52-50-47-45-43-41-38-36-33-31-29-27-25-23-20-17-14-11-8-5-2/h7-8,10-11,15-20,24-27,30-33,35,37-38,40-42,72-74,78-79H,4-6,9,12-14,21-23,28-29,34,36,39,43-71H2,1-3H3,(H,83,84)(H,85,86)/b10-7-,11-8-,18-15-,19-16-,20-17-,26-24-,27-25-,32-30-,33-31-,37-35-,41-38-,42-40-. The number of hydrogen-bond donors (Lipinski definition) is 4. The summed E-state index contributed by atoms with van der Waals surface area (Å²) in [6.07, 6.45) is 83.3. The molecule has 0 aliphatic heterocycles. The minimum Gasteiger partial charge on any atom is -0.463 e. The molecule has 95 heavy (non-hydrogen) atoms. The summed E-state index contributed by atoms with van der Waals surface area (Å²) in [7, 11) is -9.79. The summed E-state index contributed by atoms with van der Waals surface area (Å²) < 4.78 is 60.9. The van der Waals surface area contributed by atoms with Crippen molar-refractivity contribution in [1.29, 1.82) is 0 Å². The number of carbonyl (C=O) groups is 3. The Kier molecular flexibility index (Phi) is 66.0. The summed E-state index contributed by atoms with van der Waals surface area (Å²) in [5.74, 6) is -1.62. The molecule has 0 amide bonds. The largest absolute Gasteiger partial charge is 0.472 e. The molecule has 18 heteroatoms. The van der Waals surface area contributed by atoms with Gasteiger partial charge in [-0.3, -0.25) is 32.5 Å². The van der Waals surface area contributed by atoms with Gasteiger partial charge in [-0.05, 0) is 135 Å². The lowest BCUT2D eigenvalue weighted by molar-refractivity contribution is -0.161. The van der Waals surface area contributed by atoms with Crippen LogP contribution in [0, 0.1) is 0 Å². The number of ether oxygens (including phenoxy) is 3. The first-order valence-corrected chi connectivity index (χ1v) is 39.1. The molecule has 0 fully saturated rings. The van der Waals surface area contributed by atoms with Gasteiger partial charge in [0.1, 0.15) is 25.4 Å². The van der Waals surface area contributed by atoms with Gasteiger partial charge in [0.25, 0.3) is 0 Å². The summed E-state index contributed by atoms with van der Waals surface area (Å²) in [6.45, 7) is 2.34. The first-order chi connectivity index (χ1) is 46.2. The van der Waals surface area contributed by atoms with Crippen molar-refractivity contribution in [2.45, 2.75) is 283 Å². The van der Waals surface area contributed by atoms with E-state index >= 15 is 0 Å². The fourth-order valence-corrected chi connectivity index (χ4v) is 10.6. The van der Waals surface area contributed by atoms with Gasteiger partial charge in [-0.1, -0.05) is 256 Å². The minimum atomic E-state index is -4.93. The minimum absolute atomic E-state index is 0.0872. The third-order valence-corrected chi connectivity index (χ3v) is 16.4. The third kappa shape index (κ3) is 70.6. The quantitative estimate of drug-likeness (QED) is 0.0146. The lowest BCUT2D eigenvalue weighted by Crippen LogP contribution is -2.30. The maximum atomic E-state index is 12.9. The molecule has 4 N–H and O–H groups in total. The van der Waals surface area contributed by atoms with Crippen molar-refractivity contribution in [3.05, 3.63) is 146 Å². The van der Waals surface area contributed by atoms with Crippen LogP contribution in [0.5, 0.6) is 0 Å². The maximum Gasteiger partial charge on any atom is 0.472 e. The molecule has 0 aromatic heterocycles. The van der Waals surface area contributed by atoms with Gasteiger partial charge in [0, 0.05) is 19.3 Å². The number of aliphatic hydroxyl groups excluding tert-OH is 2. The molecule has 0 aromatic carbocycles. The topological polar surface area (TPSA) is 231 Å². The Bertz CT molecular complexity index is 2310. The SMILES string of the molecule is CC/C=C\C/C=C\C/C=C\C/C=C\C/C=C\C/C=C\CCCCCCCCC(=O)OCC(O)COP(=O)(O)OCC(O)COP(=O)(O)OCC(COC(=O)CCCCCCCCC/C=C\C/C=C\C/C=C\C/C=C\C/C=C\CC)OC(=O)CCCCCCC/C=C\CCCC. The van der Waals surface area contributed by atoms with Gasteiger partial charge in [-0.25, -0.2) is 9.13 Å². The van der Waals surface area contributed by atoms with E-state index in [2.05, 4.69) is 167 Å². The van der Waals surface area contributed by atoms with Crippen LogP contribution in [0.2, 0.25) is 0 Å². The van der Waals surface area contributed by atoms with Crippen LogP contribution in [0.25, 0.3) is 0 Å². The number of allylic oxidation sites excluding steroid dienone is 24. The lowest BCUT2D eigenvalue weighted by Gasteiger charge is -2.21. The summed E-state index contributed by atoms with van der Waals surface area (Å²) in [5.41, 5.74) is 0. The monoisotopic (exact) mass is 1370 g/mol. The molecule has 542 valence electrons. The van der Waals surface area contributed by atoms with Crippen LogP contribution in [-0.2, 0) is 55.8 Å². The van der Waals surface area contributed by atoms with Crippen molar-refractivity contribution in [2.75, 3.05) is 39.6 Å². The van der Waals surface area contributed by atoms with Crippen molar-refractivity contribution >= 4 is 33.6 Å². The van der Waals surface area contributed by atoms with Gasteiger partial charge in [0.05, 0.1) is 26.4 Å². The molecule has 0 rings (SSSR count). The number of aliphatic hydroxyl groups is 2. The predicted molar refractivity (Wildman–Crippen MR) is 389 cm³/mol. The Morgan fingerprint density at radius 1 is 0.305 bits per heavy atom. The van der Waals surface area contributed by atoms with Crippen LogP contribution < -0.4 is 0 Å². The van der Waals surface area contributed by atoms with E-state index in [-0.39, 0.29) is 19.3 Å². The summed E-state index contributed by atoms with van der Waals surface area (Å²) in [6, 6.07) is 0. The predicted octanol–water partition coefficient (Wildman–Crippen LogP) is 20.5. The molecule has 0 heterocycles. The Morgan fingerprint density at radius 2 is 0.558 bits per heavy atom. The average molecular weight is 1370 g/mol. The molecule has 0 aliphatic carbocycles. The van der Waals surface area contributed by atoms with Crippen LogP contribution in [0.3, 0.4) is 0 Å². The molecule has 16 nitrogen and oxygen atoms in total. The van der Waals surface area contributed by atoms with Crippen LogP contribution >= 0.6 is 15.6 Å². The zero-order valence-corrected chi connectivity index (χ0v) is 60.6. The molecule has 5 unspecified atom stereocenters. The third-order valence-electron chi connectivity index (χ3n) is 14.5. The van der Waals surface area contributed by atoms with E-state index in [1.165, 1.54) is 12.8 Å². The van der Waals surface area contributed by atoms with Crippen molar-refractivity contribution in [3.63, 3.8) is 0 Å². The van der Waals surface area contributed by atoms with E-state index in [4.69, 9.17) is 32.3 Å². The number of carbonyl (C=O) groups excluding carboxylic acids is 3. The second-order valence-electron chi connectivity index (χ2n) is 23.6. The van der Waals surface area contributed by atoms with E-state index in [0.717, 1.165) is 193 Å². The Hall–Kier alpha value is -4.57. The van der Waals surface area contributed by atoms with Crippen molar-refractivity contribution < 1.29 is 75.8 Å². The number of phosphoric ester groups is 2. The molecule has 0 bridgehead atoms. The molecular weight excluding hydrogens is 1240 g/mol. The van der Waals surface area contributed by atoms with Crippen molar-refractivity contribution in [1.82, 2.24) is 0 Å². The normalized spacial score (nSPS) is 15.0. The molecule has 0 saturated carbocycles. The van der Waals surface area contributed by atoms with Crippen LogP contribution in [-0.4, -0.2) is 95.9 Å². The number of phosphoric acid groups is 2. The van der Waals surface area contributed by atoms with Gasteiger partial charge >= 0.3 is 33.6 Å². The van der Waals surface area contributed by atoms with Gasteiger partial charge < -0.3 is 34.2 Å². The second-order valence-corrected chi connectivity index (χ2v) is 26.5. The highest BCUT2D eigenvalue weighted by molar-refractivity contribution is 7.47. The highest BCUT2D eigenvalue weighted by atomic mass is 31.2. The molecule has 0 aliphatic rings. The zero-order valence-electron chi connectivity index (χ0n) is 58.8. The van der Waals surface area contributed by atoms with Gasteiger partial charge in [-0.15, -0.1) is 0 Å². The molecular formula is C77H128O16P2. The number of esters is 3. The highest BCUT2D eigenvalue weighted by Gasteiger charge is 2.29. The van der Waals surface area contributed by atoms with Crippen molar-refractivity contribution in [3.8, 4) is 0 Å². The number of rotatable bonds is 67. The smallest absolute Gasteiger partial charge is 0.463 e. The zero-order chi connectivity index (χ0) is 69.5. The summed E-state index contributed by atoms with van der Waals surface area (Å²) in [4.78, 5) is 58.4. The first-order valence-electron chi connectivity index (χ1n) is 36.1. The summed E-state index contributed by atoms with van der Waals surface area (Å²) in [5, 5.41) is 20.6. The molecule has 0 saturated heterocycles. The van der Waals surface area contributed by atoms with Crippen LogP contribution in [0.1, 0.15) is 265 Å². The molecule has 5 atom stereocenters. The average Bonchev–Trinajstić information content (AvgIpc) is 3.35. The van der Waals surface area contributed by atoms with Crippen LogP contribution in [0.4, 0.5) is 0 Å². The molecule has 0 aromatic rings. The van der Waals surface area contributed by atoms with Crippen molar-refractivity contribution in [2.24, 2.45) is 0 Å². The fourth-order valence-electron chi connectivity index (χ4n) is 9.05. The molecule has 0 spiro atoms. The number of unbranched alkanes of at least 4 members (excludes halogenated alkanes) is 20. The van der Waals surface area contributed by atoms with Gasteiger partial charge in [0.15, 0.2) is 6.10 Å². The van der Waals surface area contributed by atoms with Gasteiger partial charge in [0.2, 0.25) is 0 Å². The van der Waals surface area contributed by atoms with E-state index in [1.807, 2.05) is 0 Å². The summed E-state index contributed by atoms with van der Waals surface area (Å²) >= 11 is 0. The maximum absolute atomic E-state index is 12.9. The molecule has 0 radical (unpaired) electrons. The highest BCUT2D eigenvalue weighted by Crippen LogP contribution is 2.45. The van der Waals surface area contributed by atoms with E-state index in [1.54, 1.807) is 0 Å². The second kappa shape index (κ2) is 69.3. The fraction of sp³-hybridized carbons (Fsp3) is 0.649. The van der Waals surface area contributed by atoms with E-state index in [0.29, 0.717) is 19.3 Å². The van der Waals surface area contributed by atoms with Crippen LogP contribution in [0.15, 0.2) is 146 Å². The Morgan fingerprint density at radius 3 is 0.895 bits per heavy atom. The lowest BCUT2D eigenvalue weighted by atomic mass is 10.1. The Labute approximate surface area is 575 Å². The van der Waals surface area contributed by atoms with E-state index in [9.17, 15) is 43.5 Å². The Balaban J connectivity index is 4.57. The first kappa shape index (κ1) is 90.4. The number of hydrogen-bond acceptors (Lipinski definition) is 14. The van der Waals surface area contributed by atoms with Gasteiger partial charge in [-0.2, -0.15) is 0 Å². The van der Waals surface area contributed by atoms with E-state index < -0.39 is 91.5 Å².